The molecule has 8 nitrogen and oxygen atoms in total. The smallest absolute Gasteiger partial charge is 0.408 e. The molecule has 0 bridgehead atoms. The van der Waals surface area contributed by atoms with Crippen molar-refractivity contribution in [2.45, 2.75) is 43.9 Å². The quantitative estimate of drug-likeness (QED) is 0.297. The van der Waals surface area contributed by atoms with E-state index in [4.69, 9.17) is 9.47 Å². The van der Waals surface area contributed by atoms with Crippen LogP contribution < -0.4 is 5.32 Å². The Morgan fingerprint density at radius 1 is 0.976 bits per heavy atom. The third kappa shape index (κ3) is 6.52. The Balaban J connectivity index is 1.47. The number of β-lactam (4-membered cyclic amide) rings is 1. The van der Waals surface area contributed by atoms with Gasteiger partial charge in [0.1, 0.15) is 22.7 Å². The van der Waals surface area contributed by atoms with Crippen LogP contribution in [-0.4, -0.2) is 50.6 Å². The van der Waals surface area contributed by atoms with Gasteiger partial charge in [-0.1, -0.05) is 72.8 Å². The SMILES string of the molecule is CC(C)(C)OC(=O)N[C@@H]1C(=O)N2C(C(=O)OC(c3ccccc3)c3ccccc3)=C(/C=C\c3ccncc3)CS[C@@H]12. The molecule has 2 aromatic carbocycles. The van der Waals surface area contributed by atoms with Crippen LogP contribution in [0.4, 0.5) is 4.79 Å². The first kappa shape index (κ1) is 28.2. The lowest BCUT2D eigenvalue weighted by Crippen LogP contribution is -2.70. The summed E-state index contributed by atoms with van der Waals surface area (Å²) in [7, 11) is 0. The summed E-state index contributed by atoms with van der Waals surface area (Å²) in [6.45, 7) is 5.26. The number of fused-ring (bicyclic) bond motifs is 1. The van der Waals surface area contributed by atoms with E-state index in [1.807, 2.05) is 84.9 Å². The summed E-state index contributed by atoms with van der Waals surface area (Å²) >= 11 is 1.47. The molecule has 1 N–H and O–H groups in total. The van der Waals surface area contributed by atoms with E-state index in [1.54, 1.807) is 33.2 Å². The number of carbonyl (C=O) groups excluding carboxylic acids is 3. The van der Waals surface area contributed by atoms with E-state index in [0.29, 0.717) is 11.3 Å². The molecule has 1 fully saturated rings. The number of ether oxygens (including phenoxy) is 2. The molecule has 5 rings (SSSR count). The summed E-state index contributed by atoms with van der Waals surface area (Å²) < 4.78 is 11.5. The van der Waals surface area contributed by atoms with Crippen LogP contribution in [0, 0.1) is 0 Å². The van der Waals surface area contributed by atoms with Crippen LogP contribution in [0.15, 0.2) is 103 Å². The van der Waals surface area contributed by atoms with Crippen molar-refractivity contribution in [3.05, 3.63) is 119 Å². The fraction of sp³-hybridized carbons (Fsp3) is 0.250. The van der Waals surface area contributed by atoms with Crippen molar-refractivity contribution < 1.29 is 23.9 Å². The molecule has 210 valence electrons. The number of benzene rings is 2. The van der Waals surface area contributed by atoms with E-state index < -0.39 is 41.1 Å². The van der Waals surface area contributed by atoms with E-state index in [0.717, 1.165) is 16.7 Å². The van der Waals surface area contributed by atoms with Gasteiger partial charge < -0.3 is 14.8 Å². The number of hydrogen-bond acceptors (Lipinski definition) is 7. The van der Waals surface area contributed by atoms with Crippen LogP contribution in [-0.2, 0) is 19.1 Å². The van der Waals surface area contributed by atoms with Gasteiger partial charge in [0.25, 0.3) is 5.91 Å². The highest BCUT2D eigenvalue weighted by Crippen LogP contribution is 2.42. The Labute approximate surface area is 243 Å². The number of rotatable bonds is 7. The Morgan fingerprint density at radius 2 is 1.59 bits per heavy atom. The van der Waals surface area contributed by atoms with E-state index in [1.165, 1.54) is 16.7 Å². The van der Waals surface area contributed by atoms with E-state index >= 15 is 0 Å². The van der Waals surface area contributed by atoms with Crippen molar-refractivity contribution in [1.29, 1.82) is 0 Å². The summed E-state index contributed by atoms with van der Waals surface area (Å²) in [5, 5.41) is 2.20. The van der Waals surface area contributed by atoms with Crippen molar-refractivity contribution in [3.8, 4) is 0 Å². The van der Waals surface area contributed by atoms with Gasteiger partial charge in [0.05, 0.1) is 0 Å². The number of nitrogens with zero attached hydrogens (tertiary/aromatic N) is 2. The minimum atomic E-state index is -0.817. The van der Waals surface area contributed by atoms with Gasteiger partial charge in [-0.25, -0.2) is 9.59 Å². The second-order valence-electron chi connectivity index (χ2n) is 10.6. The van der Waals surface area contributed by atoms with Gasteiger partial charge >= 0.3 is 12.1 Å². The largest absolute Gasteiger partial charge is 0.448 e. The Bertz CT molecular complexity index is 1430. The molecule has 1 aromatic heterocycles. The topological polar surface area (TPSA) is 97.8 Å². The van der Waals surface area contributed by atoms with E-state index in [2.05, 4.69) is 10.3 Å². The number of amides is 2. The lowest BCUT2D eigenvalue weighted by atomic mass is 10.0. The first-order valence-electron chi connectivity index (χ1n) is 13.3. The van der Waals surface area contributed by atoms with Crippen LogP contribution >= 0.6 is 11.8 Å². The fourth-order valence-electron chi connectivity index (χ4n) is 4.61. The summed E-state index contributed by atoms with van der Waals surface area (Å²) in [6, 6.07) is 21.8. The minimum absolute atomic E-state index is 0.170. The maximum absolute atomic E-state index is 14.0. The average molecular weight is 570 g/mol. The predicted octanol–water partition coefficient (Wildman–Crippen LogP) is 5.49. The number of aromatic nitrogens is 1. The lowest BCUT2D eigenvalue weighted by molar-refractivity contribution is -0.153. The number of pyridine rings is 1. The first-order valence-corrected chi connectivity index (χ1v) is 14.3. The maximum atomic E-state index is 14.0. The number of allylic oxidation sites excluding steroid dienone is 1. The second kappa shape index (κ2) is 12.0. The molecular weight excluding hydrogens is 538 g/mol. The number of nitrogens with one attached hydrogen (secondary N) is 1. The van der Waals surface area contributed by atoms with Gasteiger partial charge in [-0.05, 0) is 55.2 Å². The summed E-state index contributed by atoms with van der Waals surface area (Å²) in [6.07, 6.45) is 5.72. The Morgan fingerprint density at radius 3 is 2.17 bits per heavy atom. The molecular formula is C32H31N3O5S. The maximum Gasteiger partial charge on any atom is 0.408 e. The lowest BCUT2D eigenvalue weighted by Gasteiger charge is -2.49. The third-order valence-corrected chi connectivity index (χ3v) is 7.78. The zero-order chi connectivity index (χ0) is 29.0. The molecule has 3 aromatic rings. The van der Waals surface area contributed by atoms with Crippen molar-refractivity contribution in [3.63, 3.8) is 0 Å². The molecule has 2 aliphatic rings. The normalized spacial score (nSPS) is 18.6. The summed E-state index contributed by atoms with van der Waals surface area (Å²) in [5.74, 6) is -0.578. The van der Waals surface area contributed by atoms with E-state index in [9.17, 15) is 14.4 Å². The summed E-state index contributed by atoms with van der Waals surface area (Å²) in [4.78, 5) is 45.3. The molecule has 1 saturated heterocycles. The van der Waals surface area contributed by atoms with Crippen molar-refractivity contribution in [1.82, 2.24) is 15.2 Å². The molecule has 0 unspecified atom stereocenters. The molecule has 0 radical (unpaired) electrons. The standard InChI is InChI=1S/C32H31N3O5S/c1-32(2,3)40-31(38)34-25-28(36)35-26(24(20-41-29(25)35)15-14-21-16-18-33-19-17-21)30(37)39-27(22-10-6-4-7-11-22)23-12-8-5-9-13-23/h4-19,25,27,29H,20H2,1-3H3,(H,34,38)/b15-14-/t25-,29+/m1/s1. The number of carbonyl (C=O) groups is 3. The number of thioether (sulfide) groups is 1. The molecule has 0 aliphatic carbocycles. The third-order valence-electron chi connectivity index (χ3n) is 6.48. The van der Waals surface area contributed by atoms with Gasteiger partial charge in [0, 0.05) is 18.1 Å². The predicted molar refractivity (Wildman–Crippen MR) is 157 cm³/mol. The molecule has 2 amide bonds. The van der Waals surface area contributed by atoms with Crippen LogP contribution in [0.25, 0.3) is 6.08 Å². The van der Waals surface area contributed by atoms with Gasteiger partial charge in [0.2, 0.25) is 0 Å². The highest BCUT2D eigenvalue weighted by Gasteiger charge is 2.54. The number of alkyl carbamates (subject to hydrolysis) is 1. The Kier molecular flexibility index (Phi) is 8.26. The van der Waals surface area contributed by atoms with Crippen LogP contribution in [0.5, 0.6) is 0 Å². The van der Waals surface area contributed by atoms with Gasteiger partial charge in [-0.2, -0.15) is 0 Å². The molecule has 2 atom stereocenters. The monoisotopic (exact) mass is 569 g/mol. The summed E-state index contributed by atoms with van der Waals surface area (Å²) in [5.41, 5.74) is 2.63. The molecule has 9 heteroatoms. The molecule has 0 spiro atoms. The van der Waals surface area contributed by atoms with E-state index in [-0.39, 0.29) is 5.70 Å². The zero-order valence-corrected chi connectivity index (χ0v) is 23.8. The highest BCUT2D eigenvalue weighted by molar-refractivity contribution is 8.00. The highest BCUT2D eigenvalue weighted by atomic mass is 32.2. The van der Waals surface area contributed by atoms with Gasteiger partial charge in [-0.3, -0.25) is 14.7 Å². The molecule has 2 aliphatic heterocycles. The van der Waals surface area contributed by atoms with Crippen LogP contribution in [0.1, 0.15) is 43.6 Å². The molecule has 0 saturated carbocycles. The number of hydrogen-bond donors (Lipinski definition) is 1. The Hall–Kier alpha value is -4.37. The minimum Gasteiger partial charge on any atom is -0.448 e. The average Bonchev–Trinajstić information content (AvgIpc) is 2.97. The van der Waals surface area contributed by atoms with Crippen LogP contribution in [0.3, 0.4) is 0 Å². The molecule has 3 heterocycles. The van der Waals surface area contributed by atoms with Gasteiger partial charge in [0.15, 0.2) is 6.10 Å². The van der Waals surface area contributed by atoms with Crippen molar-refractivity contribution >= 4 is 35.8 Å². The fourth-order valence-corrected chi connectivity index (χ4v) is 5.93. The second-order valence-corrected chi connectivity index (χ2v) is 11.7. The van der Waals surface area contributed by atoms with Crippen molar-refractivity contribution in [2.75, 3.05) is 5.75 Å². The molecule has 41 heavy (non-hydrogen) atoms. The van der Waals surface area contributed by atoms with Crippen LogP contribution in [0.2, 0.25) is 0 Å². The van der Waals surface area contributed by atoms with Crippen molar-refractivity contribution in [2.24, 2.45) is 0 Å². The number of esters is 1. The first-order chi connectivity index (χ1) is 19.7. The van der Waals surface area contributed by atoms with Gasteiger partial charge in [-0.15, -0.1) is 11.8 Å². The zero-order valence-electron chi connectivity index (χ0n) is 23.0.